The van der Waals surface area contributed by atoms with E-state index in [9.17, 15) is 9.59 Å². The average Bonchev–Trinajstić information content (AvgIpc) is 2.48. The molecule has 84 valence electrons. The molecule has 1 fully saturated rings. The first-order chi connectivity index (χ1) is 7.58. The van der Waals surface area contributed by atoms with Crippen molar-refractivity contribution in [3.8, 4) is 0 Å². The van der Waals surface area contributed by atoms with Gasteiger partial charge in [-0.15, -0.1) is 5.10 Å². The standard InChI is InChI=1S/C10H10ClN3O2/c1-6-4-9(15)14(10(6)16)5-7-2-3-8(11)13-12-7/h2-3,6H,4-5H2,1H3. The molecule has 0 radical (unpaired) electrons. The lowest BCUT2D eigenvalue weighted by atomic mass is 10.1. The quantitative estimate of drug-likeness (QED) is 0.723. The van der Waals surface area contributed by atoms with Gasteiger partial charge in [0.1, 0.15) is 0 Å². The minimum absolute atomic E-state index is 0.151. The van der Waals surface area contributed by atoms with Gasteiger partial charge >= 0.3 is 0 Å². The molecule has 1 unspecified atom stereocenters. The minimum Gasteiger partial charge on any atom is -0.276 e. The van der Waals surface area contributed by atoms with Gasteiger partial charge in [0.15, 0.2) is 5.15 Å². The number of halogens is 1. The topological polar surface area (TPSA) is 63.2 Å². The number of nitrogens with zero attached hydrogens (tertiary/aromatic N) is 3. The van der Waals surface area contributed by atoms with Gasteiger partial charge in [-0.05, 0) is 12.1 Å². The van der Waals surface area contributed by atoms with Crippen molar-refractivity contribution in [1.82, 2.24) is 15.1 Å². The van der Waals surface area contributed by atoms with Crippen molar-refractivity contribution >= 4 is 23.4 Å². The number of hydrogen-bond acceptors (Lipinski definition) is 4. The second-order valence-corrected chi connectivity index (χ2v) is 4.16. The molecule has 1 atom stereocenters. The molecule has 0 aliphatic carbocycles. The highest BCUT2D eigenvalue weighted by Gasteiger charge is 2.35. The number of amides is 2. The number of rotatable bonds is 2. The first kappa shape index (κ1) is 11.0. The molecular weight excluding hydrogens is 230 g/mol. The number of carbonyl (C=O) groups is 2. The van der Waals surface area contributed by atoms with Crippen molar-refractivity contribution in [2.24, 2.45) is 5.92 Å². The Balaban J connectivity index is 2.13. The largest absolute Gasteiger partial charge is 0.276 e. The van der Waals surface area contributed by atoms with Crippen LogP contribution in [0.3, 0.4) is 0 Å². The molecule has 1 saturated heterocycles. The summed E-state index contributed by atoms with van der Waals surface area (Å²) in [5.41, 5.74) is 0.556. The van der Waals surface area contributed by atoms with Crippen LogP contribution in [0.15, 0.2) is 12.1 Å². The molecule has 1 aromatic rings. The van der Waals surface area contributed by atoms with Crippen LogP contribution in [0.4, 0.5) is 0 Å². The van der Waals surface area contributed by atoms with Crippen LogP contribution < -0.4 is 0 Å². The van der Waals surface area contributed by atoms with Crippen LogP contribution in [0, 0.1) is 5.92 Å². The van der Waals surface area contributed by atoms with E-state index >= 15 is 0 Å². The van der Waals surface area contributed by atoms with Gasteiger partial charge in [0.05, 0.1) is 12.2 Å². The van der Waals surface area contributed by atoms with Crippen LogP contribution in [0.25, 0.3) is 0 Å². The molecule has 2 amide bonds. The fraction of sp³-hybridized carbons (Fsp3) is 0.400. The molecule has 1 aliphatic rings. The van der Waals surface area contributed by atoms with Crippen LogP contribution in [0.5, 0.6) is 0 Å². The Labute approximate surface area is 97.4 Å². The van der Waals surface area contributed by atoms with E-state index < -0.39 is 0 Å². The zero-order valence-corrected chi connectivity index (χ0v) is 9.44. The Hall–Kier alpha value is -1.49. The Morgan fingerprint density at radius 1 is 1.44 bits per heavy atom. The lowest BCUT2D eigenvalue weighted by Crippen LogP contribution is -2.30. The molecule has 2 heterocycles. The molecule has 6 heteroatoms. The lowest BCUT2D eigenvalue weighted by Gasteiger charge is -2.12. The molecule has 0 bridgehead atoms. The van der Waals surface area contributed by atoms with Gasteiger partial charge in [-0.1, -0.05) is 18.5 Å². The molecule has 5 nitrogen and oxygen atoms in total. The van der Waals surface area contributed by atoms with E-state index in [2.05, 4.69) is 10.2 Å². The predicted octanol–water partition coefficient (Wildman–Crippen LogP) is 1.02. The maximum Gasteiger partial charge on any atom is 0.232 e. The Kier molecular flexibility index (Phi) is 2.87. The van der Waals surface area contributed by atoms with Gasteiger partial charge in [0.25, 0.3) is 0 Å². The van der Waals surface area contributed by atoms with E-state index in [4.69, 9.17) is 11.6 Å². The Bertz CT molecular complexity index is 432. The average molecular weight is 240 g/mol. The Morgan fingerprint density at radius 3 is 2.69 bits per heavy atom. The zero-order chi connectivity index (χ0) is 11.7. The highest BCUT2D eigenvalue weighted by atomic mass is 35.5. The third-order valence-corrected chi connectivity index (χ3v) is 2.68. The predicted molar refractivity (Wildman–Crippen MR) is 56.4 cm³/mol. The van der Waals surface area contributed by atoms with Crippen LogP contribution >= 0.6 is 11.6 Å². The van der Waals surface area contributed by atoms with Gasteiger partial charge in [0.2, 0.25) is 11.8 Å². The Morgan fingerprint density at radius 2 is 2.19 bits per heavy atom. The normalized spacial score (nSPS) is 20.6. The van der Waals surface area contributed by atoms with Gasteiger partial charge in [0, 0.05) is 12.3 Å². The first-order valence-corrected chi connectivity index (χ1v) is 5.28. The first-order valence-electron chi connectivity index (χ1n) is 4.90. The van der Waals surface area contributed by atoms with Crippen LogP contribution in [0.1, 0.15) is 19.0 Å². The summed E-state index contributed by atoms with van der Waals surface area (Å²) in [5, 5.41) is 7.75. The number of hydrogen-bond donors (Lipinski definition) is 0. The van der Waals surface area contributed by atoms with Gasteiger partial charge in [-0.25, -0.2) is 0 Å². The van der Waals surface area contributed by atoms with E-state index in [-0.39, 0.29) is 35.9 Å². The minimum atomic E-state index is -0.229. The molecule has 0 saturated carbocycles. The van der Waals surface area contributed by atoms with E-state index in [1.807, 2.05) is 0 Å². The lowest BCUT2D eigenvalue weighted by molar-refractivity contribution is -0.140. The maximum atomic E-state index is 11.6. The third-order valence-electron chi connectivity index (χ3n) is 2.48. The number of aromatic nitrogens is 2. The van der Waals surface area contributed by atoms with Crippen LogP contribution in [-0.4, -0.2) is 26.9 Å². The van der Waals surface area contributed by atoms with Crippen molar-refractivity contribution in [1.29, 1.82) is 0 Å². The van der Waals surface area contributed by atoms with Gasteiger partial charge in [-0.3, -0.25) is 14.5 Å². The highest BCUT2D eigenvalue weighted by molar-refractivity contribution is 6.29. The molecule has 0 spiro atoms. The summed E-state index contributed by atoms with van der Waals surface area (Å²) < 4.78 is 0. The van der Waals surface area contributed by atoms with Gasteiger partial charge in [-0.2, -0.15) is 5.10 Å². The zero-order valence-electron chi connectivity index (χ0n) is 8.68. The monoisotopic (exact) mass is 239 g/mol. The SMILES string of the molecule is CC1CC(=O)N(Cc2ccc(Cl)nn2)C1=O. The molecule has 1 aromatic heterocycles. The maximum absolute atomic E-state index is 11.6. The summed E-state index contributed by atoms with van der Waals surface area (Å²) >= 11 is 5.59. The fourth-order valence-corrected chi connectivity index (χ4v) is 1.71. The molecule has 1 aliphatic heterocycles. The summed E-state index contributed by atoms with van der Waals surface area (Å²) in [6.45, 7) is 1.92. The second-order valence-electron chi connectivity index (χ2n) is 3.77. The summed E-state index contributed by atoms with van der Waals surface area (Å²) in [6, 6.07) is 3.23. The third kappa shape index (κ3) is 2.04. The highest BCUT2D eigenvalue weighted by Crippen LogP contribution is 2.20. The van der Waals surface area contributed by atoms with E-state index in [1.54, 1.807) is 19.1 Å². The summed E-state index contributed by atoms with van der Waals surface area (Å²) in [4.78, 5) is 24.3. The summed E-state index contributed by atoms with van der Waals surface area (Å²) in [7, 11) is 0. The molecule has 0 aromatic carbocycles. The summed E-state index contributed by atoms with van der Waals surface area (Å²) in [5.74, 6) is -0.538. The number of carbonyl (C=O) groups excluding carboxylic acids is 2. The van der Waals surface area contributed by atoms with Crippen molar-refractivity contribution in [2.45, 2.75) is 19.9 Å². The van der Waals surface area contributed by atoms with Crippen molar-refractivity contribution in [3.63, 3.8) is 0 Å². The molecule has 2 rings (SSSR count). The fourth-order valence-electron chi connectivity index (χ4n) is 1.60. The van der Waals surface area contributed by atoms with Crippen molar-refractivity contribution < 1.29 is 9.59 Å². The second kappa shape index (κ2) is 4.17. The molecular formula is C10H10ClN3O2. The number of imide groups is 1. The van der Waals surface area contributed by atoms with Crippen molar-refractivity contribution in [3.05, 3.63) is 23.0 Å². The smallest absolute Gasteiger partial charge is 0.232 e. The summed E-state index contributed by atoms with van der Waals surface area (Å²) in [6.07, 6.45) is 0.278. The van der Waals surface area contributed by atoms with E-state index in [0.29, 0.717) is 5.69 Å². The van der Waals surface area contributed by atoms with Crippen LogP contribution in [0.2, 0.25) is 5.15 Å². The van der Waals surface area contributed by atoms with E-state index in [1.165, 1.54) is 4.90 Å². The van der Waals surface area contributed by atoms with E-state index in [0.717, 1.165) is 0 Å². The van der Waals surface area contributed by atoms with Gasteiger partial charge < -0.3 is 0 Å². The van der Waals surface area contributed by atoms with Crippen molar-refractivity contribution in [2.75, 3.05) is 0 Å². The molecule has 0 N–H and O–H groups in total. The molecule has 16 heavy (non-hydrogen) atoms. The number of likely N-dealkylation sites (tertiary alicyclic amines) is 1. The van der Waals surface area contributed by atoms with Crippen LogP contribution in [-0.2, 0) is 16.1 Å².